The van der Waals surface area contributed by atoms with Crippen molar-refractivity contribution in [2.45, 2.75) is 76.6 Å². The maximum atomic E-state index is 6.40. The van der Waals surface area contributed by atoms with Gasteiger partial charge in [-0.1, -0.05) is 27.2 Å². The molecule has 1 fully saturated rings. The van der Waals surface area contributed by atoms with Crippen LogP contribution < -0.4 is 5.73 Å². The first kappa shape index (κ1) is 16.8. The topological polar surface area (TPSA) is 38.9 Å². The van der Waals surface area contributed by atoms with Crippen LogP contribution in [0.15, 0.2) is 17.2 Å². The Bertz CT molecular complexity index is 464. The molecule has 0 amide bonds. The quantitative estimate of drug-likeness (QED) is 0.874. The number of thioether (sulfide) groups is 1. The molecule has 1 aliphatic rings. The number of aryl methyl sites for hydroxylation is 2. The van der Waals surface area contributed by atoms with E-state index in [9.17, 15) is 0 Å². The van der Waals surface area contributed by atoms with Crippen LogP contribution in [0.4, 0.5) is 0 Å². The first-order chi connectivity index (χ1) is 9.81. The number of pyridine rings is 1. The van der Waals surface area contributed by atoms with Crippen molar-refractivity contribution >= 4 is 11.8 Å². The Morgan fingerprint density at radius 3 is 2.62 bits per heavy atom. The average molecular weight is 307 g/mol. The summed E-state index contributed by atoms with van der Waals surface area (Å²) in [7, 11) is 0. The first-order valence-corrected chi connectivity index (χ1v) is 9.07. The second kappa shape index (κ2) is 6.70. The lowest BCUT2D eigenvalue weighted by Crippen LogP contribution is -2.42. The van der Waals surface area contributed by atoms with Crippen LogP contribution in [0, 0.1) is 25.2 Å². The Kier molecular flexibility index (Phi) is 5.37. The first-order valence-electron chi connectivity index (χ1n) is 8.19. The van der Waals surface area contributed by atoms with Gasteiger partial charge in [0.25, 0.3) is 0 Å². The minimum Gasteiger partial charge on any atom is -0.327 e. The van der Waals surface area contributed by atoms with E-state index < -0.39 is 0 Å². The van der Waals surface area contributed by atoms with Crippen LogP contribution in [0.5, 0.6) is 0 Å². The molecule has 1 aliphatic carbocycles. The van der Waals surface area contributed by atoms with Gasteiger partial charge in [0.05, 0.1) is 5.03 Å². The van der Waals surface area contributed by atoms with Crippen molar-refractivity contribution in [2.24, 2.45) is 17.1 Å². The summed E-state index contributed by atoms with van der Waals surface area (Å²) in [4.78, 5) is 4.68. The highest BCUT2D eigenvalue weighted by Gasteiger charge is 2.36. The van der Waals surface area contributed by atoms with Gasteiger partial charge < -0.3 is 5.73 Å². The Morgan fingerprint density at radius 2 is 2.00 bits per heavy atom. The number of rotatable bonds is 4. The van der Waals surface area contributed by atoms with Crippen molar-refractivity contribution in [2.75, 3.05) is 0 Å². The van der Waals surface area contributed by atoms with Crippen molar-refractivity contribution in [3.8, 4) is 0 Å². The van der Waals surface area contributed by atoms with E-state index >= 15 is 0 Å². The van der Waals surface area contributed by atoms with E-state index in [1.165, 1.54) is 24.8 Å². The molecule has 21 heavy (non-hydrogen) atoms. The molecule has 3 atom stereocenters. The Morgan fingerprint density at radius 1 is 1.29 bits per heavy atom. The molecule has 1 saturated carbocycles. The van der Waals surface area contributed by atoms with E-state index in [1.54, 1.807) is 0 Å². The lowest BCUT2D eigenvalue weighted by Gasteiger charge is -2.41. The Hall–Kier alpha value is -0.540. The van der Waals surface area contributed by atoms with E-state index in [4.69, 9.17) is 5.73 Å². The van der Waals surface area contributed by atoms with Crippen LogP contribution in [0.25, 0.3) is 0 Å². The molecular formula is C18H30N2S. The number of aromatic nitrogens is 1. The van der Waals surface area contributed by atoms with E-state index in [1.807, 2.05) is 11.8 Å². The highest BCUT2D eigenvalue weighted by Crippen LogP contribution is 2.44. The zero-order valence-electron chi connectivity index (χ0n) is 14.1. The van der Waals surface area contributed by atoms with Gasteiger partial charge in [-0.2, -0.15) is 0 Å². The van der Waals surface area contributed by atoms with Gasteiger partial charge in [0, 0.05) is 17.0 Å². The third kappa shape index (κ3) is 4.23. The predicted molar refractivity (Wildman–Crippen MR) is 92.7 cm³/mol. The van der Waals surface area contributed by atoms with Crippen LogP contribution >= 0.6 is 11.8 Å². The lowest BCUT2D eigenvalue weighted by atomic mass is 9.69. The molecule has 0 aromatic carbocycles. The molecule has 1 heterocycles. The smallest absolute Gasteiger partial charge is 0.0968 e. The molecule has 0 bridgehead atoms. The van der Waals surface area contributed by atoms with E-state index in [0.29, 0.717) is 16.7 Å². The second-order valence-electron chi connectivity index (χ2n) is 7.30. The lowest BCUT2D eigenvalue weighted by molar-refractivity contribution is 0.148. The molecular weight excluding hydrogens is 276 g/mol. The minimum atomic E-state index is 0.307. The fourth-order valence-electron chi connectivity index (χ4n) is 3.31. The maximum Gasteiger partial charge on any atom is 0.0968 e. The molecule has 2 nitrogen and oxygen atoms in total. The molecule has 0 saturated heterocycles. The monoisotopic (exact) mass is 306 g/mol. The molecule has 1 aromatic rings. The fourth-order valence-corrected chi connectivity index (χ4v) is 4.71. The number of nitrogens with two attached hydrogens (primary N) is 1. The van der Waals surface area contributed by atoms with Gasteiger partial charge in [-0.15, -0.1) is 11.8 Å². The van der Waals surface area contributed by atoms with Crippen molar-refractivity contribution < 1.29 is 0 Å². The molecule has 0 aliphatic heterocycles. The Labute approximate surface area is 134 Å². The summed E-state index contributed by atoms with van der Waals surface area (Å²) >= 11 is 1.90. The zero-order valence-corrected chi connectivity index (χ0v) is 15.0. The van der Waals surface area contributed by atoms with E-state index in [2.05, 4.69) is 51.7 Å². The van der Waals surface area contributed by atoms with E-state index in [0.717, 1.165) is 23.1 Å². The predicted octanol–water partition coefficient (Wildman–Crippen LogP) is 4.72. The molecule has 3 unspecified atom stereocenters. The van der Waals surface area contributed by atoms with Crippen molar-refractivity contribution in [1.82, 2.24) is 4.98 Å². The maximum absolute atomic E-state index is 6.40. The van der Waals surface area contributed by atoms with E-state index in [-0.39, 0.29) is 0 Å². The highest BCUT2D eigenvalue weighted by atomic mass is 32.2. The van der Waals surface area contributed by atoms with Crippen LogP contribution in [0.2, 0.25) is 0 Å². The zero-order chi connectivity index (χ0) is 15.6. The highest BCUT2D eigenvalue weighted by molar-refractivity contribution is 7.99. The van der Waals surface area contributed by atoms with Crippen LogP contribution in [-0.2, 0) is 0 Å². The van der Waals surface area contributed by atoms with Gasteiger partial charge in [-0.25, -0.2) is 4.98 Å². The number of hydrogen-bond donors (Lipinski definition) is 1. The largest absolute Gasteiger partial charge is 0.327 e. The molecule has 0 radical (unpaired) electrons. The fraction of sp³-hybridized carbons (Fsp3) is 0.722. The van der Waals surface area contributed by atoms with Crippen molar-refractivity contribution in [3.63, 3.8) is 0 Å². The molecule has 3 heteroatoms. The summed E-state index contributed by atoms with van der Waals surface area (Å²) in [5, 5.41) is 1.64. The summed E-state index contributed by atoms with van der Waals surface area (Å²) < 4.78 is 0. The van der Waals surface area contributed by atoms with Gasteiger partial charge in [0.2, 0.25) is 0 Å². The van der Waals surface area contributed by atoms with Crippen LogP contribution in [0.1, 0.15) is 57.7 Å². The van der Waals surface area contributed by atoms with Gasteiger partial charge in [-0.05, 0) is 62.1 Å². The van der Waals surface area contributed by atoms with Crippen LogP contribution in [-0.4, -0.2) is 16.3 Å². The minimum absolute atomic E-state index is 0.307. The summed E-state index contributed by atoms with van der Waals surface area (Å²) in [5.41, 5.74) is 9.22. The molecule has 1 aromatic heterocycles. The normalized spacial score (nSPS) is 26.9. The summed E-state index contributed by atoms with van der Waals surface area (Å²) in [6.07, 6.45) is 4.89. The van der Waals surface area contributed by atoms with Crippen molar-refractivity contribution in [1.29, 1.82) is 0 Å². The van der Waals surface area contributed by atoms with Gasteiger partial charge in [0.1, 0.15) is 0 Å². The number of nitrogens with zero attached hydrogens (tertiary/aromatic N) is 1. The molecule has 2 rings (SSSR count). The SMILES string of the molecule is CCC(C)(C)C1CCC(N)C(Sc2cc(C)cc(C)n2)C1. The number of hydrogen-bond acceptors (Lipinski definition) is 3. The second-order valence-corrected chi connectivity index (χ2v) is 8.56. The molecule has 118 valence electrons. The van der Waals surface area contributed by atoms with Gasteiger partial charge in [-0.3, -0.25) is 0 Å². The van der Waals surface area contributed by atoms with Gasteiger partial charge >= 0.3 is 0 Å². The van der Waals surface area contributed by atoms with Crippen LogP contribution in [0.3, 0.4) is 0 Å². The van der Waals surface area contributed by atoms with Gasteiger partial charge in [0.15, 0.2) is 0 Å². The standard InChI is InChI=1S/C18H30N2S/c1-6-18(4,5)14-7-8-15(19)16(11-14)21-17-10-12(2)9-13(3)20-17/h9-10,14-16H,6-8,11,19H2,1-5H3. The third-order valence-corrected chi connectivity index (χ3v) is 6.50. The third-order valence-electron chi connectivity index (χ3n) is 5.21. The molecule has 2 N–H and O–H groups in total. The Balaban J connectivity index is 2.10. The average Bonchev–Trinajstić information content (AvgIpc) is 2.40. The summed E-state index contributed by atoms with van der Waals surface area (Å²) in [6, 6.07) is 4.63. The van der Waals surface area contributed by atoms with Crippen molar-refractivity contribution in [3.05, 3.63) is 23.4 Å². The summed E-state index contributed by atoms with van der Waals surface area (Å²) in [5.74, 6) is 0.783. The summed E-state index contributed by atoms with van der Waals surface area (Å²) in [6.45, 7) is 11.3. The molecule has 0 spiro atoms.